The molecule has 3 aromatic rings. The first-order valence-electron chi connectivity index (χ1n) is 9.72. The van der Waals surface area contributed by atoms with Crippen molar-refractivity contribution in [1.29, 1.82) is 0 Å². The van der Waals surface area contributed by atoms with Gasteiger partial charge < -0.3 is 15.2 Å². The number of ether oxygens (including phenoxy) is 1. The van der Waals surface area contributed by atoms with Crippen molar-refractivity contribution in [1.82, 2.24) is 5.32 Å². The topological polar surface area (TPSA) is 75.6 Å². The van der Waals surface area contributed by atoms with Crippen LogP contribution in [0.3, 0.4) is 0 Å². The molecular weight excluding hydrogens is 465 g/mol. The fraction of sp³-hybridized carbons (Fsp3) is 0.167. The minimum absolute atomic E-state index is 0.0792. The first kappa shape index (κ1) is 21.1. The number of hydrogen-bond donors (Lipinski definition) is 2. The van der Waals surface area contributed by atoms with Gasteiger partial charge in [0.1, 0.15) is 18.5 Å². The van der Waals surface area contributed by atoms with Gasteiger partial charge in [0.25, 0.3) is 0 Å². The summed E-state index contributed by atoms with van der Waals surface area (Å²) in [6.45, 7) is 0.0792. The Kier molecular flexibility index (Phi) is 6.04. The Morgan fingerprint density at radius 1 is 1.03 bits per heavy atom. The maximum absolute atomic E-state index is 13.5. The van der Waals surface area contributed by atoms with Crippen LogP contribution in [-0.2, 0) is 16.0 Å². The van der Waals surface area contributed by atoms with Crippen molar-refractivity contribution in [2.45, 2.75) is 18.4 Å². The number of amides is 1. The number of aliphatic carboxylic acids is 1. The largest absolute Gasteiger partial charge is 0.480 e. The molecule has 1 aliphatic carbocycles. The third-order valence-corrected chi connectivity index (χ3v) is 6.14. The van der Waals surface area contributed by atoms with E-state index in [1.807, 2.05) is 48.5 Å². The van der Waals surface area contributed by atoms with Crippen LogP contribution in [0.25, 0.3) is 11.1 Å². The zero-order valence-corrected chi connectivity index (χ0v) is 17.9. The lowest BCUT2D eigenvalue weighted by Gasteiger charge is -2.18. The van der Waals surface area contributed by atoms with Gasteiger partial charge in [0.15, 0.2) is 0 Å². The van der Waals surface area contributed by atoms with Crippen LogP contribution < -0.4 is 5.32 Å². The predicted octanol–water partition coefficient (Wildman–Crippen LogP) is 5.12. The van der Waals surface area contributed by atoms with Gasteiger partial charge in [-0.25, -0.2) is 14.0 Å². The lowest BCUT2D eigenvalue weighted by Crippen LogP contribution is -2.43. The highest BCUT2D eigenvalue weighted by molar-refractivity contribution is 9.10. The van der Waals surface area contributed by atoms with Crippen molar-refractivity contribution in [3.05, 3.63) is 93.7 Å². The summed E-state index contributed by atoms with van der Waals surface area (Å²) in [6.07, 6.45) is -0.917. The van der Waals surface area contributed by atoms with Crippen molar-refractivity contribution in [2.75, 3.05) is 6.61 Å². The molecule has 31 heavy (non-hydrogen) atoms. The average molecular weight is 484 g/mol. The van der Waals surface area contributed by atoms with Crippen molar-refractivity contribution in [3.63, 3.8) is 0 Å². The molecule has 2 N–H and O–H groups in total. The van der Waals surface area contributed by atoms with Crippen LogP contribution in [-0.4, -0.2) is 29.8 Å². The molecule has 1 atom stereocenters. The number of rotatable bonds is 6. The minimum Gasteiger partial charge on any atom is -0.480 e. The molecule has 0 spiro atoms. The fourth-order valence-corrected chi connectivity index (χ4v) is 4.31. The first-order valence-corrected chi connectivity index (χ1v) is 10.5. The Morgan fingerprint density at radius 3 is 2.26 bits per heavy atom. The molecule has 7 heteroatoms. The molecule has 1 aliphatic rings. The van der Waals surface area contributed by atoms with Gasteiger partial charge in [0.2, 0.25) is 0 Å². The number of fused-ring (bicyclic) bond motifs is 3. The quantitative estimate of drug-likeness (QED) is 0.509. The molecule has 0 aliphatic heterocycles. The van der Waals surface area contributed by atoms with Gasteiger partial charge in [0.05, 0.1) is 0 Å². The van der Waals surface area contributed by atoms with Crippen molar-refractivity contribution in [2.24, 2.45) is 0 Å². The number of carboxylic acid groups (broad SMARTS) is 1. The number of hydrogen-bond acceptors (Lipinski definition) is 3. The number of carboxylic acids is 1. The highest BCUT2D eigenvalue weighted by atomic mass is 79.9. The Hall–Kier alpha value is -3.19. The van der Waals surface area contributed by atoms with Crippen molar-refractivity contribution >= 4 is 28.0 Å². The standard InChI is InChI=1S/C24H19BrFNO4/c25-21-10-9-15(26)11-14(21)12-22(23(28)29)27-24(30)31-13-20-18-7-3-1-5-16(18)17-6-2-4-8-19(17)20/h1-11,20,22H,12-13H2,(H,27,30)(H,28,29)/t22-/m0/s1. The van der Waals surface area contributed by atoms with Crippen LogP contribution in [0.2, 0.25) is 0 Å². The zero-order chi connectivity index (χ0) is 22.0. The van der Waals surface area contributed by atoms with E-state index in [9.17, 15) is 19.1 Å². The molecule has 0 aromatic heterocycles. The number of carbonyl (C=O) groups is 2. The van der Waals surface area contributed by atoms with E-state index in [4.69, 9.17) is 4.74 Å². The third-order valence-electron chi connectivity index (χ3n) is 5.37. The SMILES string of the molecule is O=C(N[C@@H](Cc1cc(F)ccc1Br)C(=O)O)OCC1c2ccccc2-c2ccccc21. The normalized spacial score (nSPS) is 13.2. The highest BCUT2D eigenvalue weighted by Gasteiger charge is 2.30. The van der Waals surface area contributed by atoms with Crippen molar-refractivity contribution < 1.29 is 23.8 Å². The zero-order valence-electron chi connectivity index (χ0n) is 16.3. The maximum atomic E-state index is 13.5. The summed E-state index contributed by atoms with van der Waals surface area (Å²) in [5.74, 6) is -1.84. The van der Waals surface area contributed by atoms with E-state index in [0.29, 0.717) is 10.0 Å². The number of alkyl carbamates (subject to hydrolysis) is 1. The molecule has 0 bridgehead atoms. The van der Waals surface area contributed by atoms with E-state index in [2.05, 4.69) is 21.2 Å². The molecule has 158 valence electrons. The molecule has 5 nitrogen and oxygen atoms in total. The first-order chi connectivity index (χ1) is 14.9. The molecule has 3 aromatic carbocycles. The van der Waals surface area contributed by atoms with E-state index in [1.54, 1.807) is 0 Å². The summed E-state index contributed by atoms with van der Waals surface area (Å²) in [7, 11) is 0. The van der Waals surface area contributed by atoms with Gasteiger partial charge in [-0.1, -0.05) is 64.5 Å². The Labute approximate surface area is 187 Å². The van der Waals surface area contributed by atoms with E-state index in [0.717, 1.165) is 22.3 Å². The molecule has 0 saturated carbocycles. The second-order valence-corrected chi connectivity index (χ2v) is 8.15. The van der Waals surface area contributed by atoms with Crippen LogP contribution in [0.4, 0.5) is 9.18 Å². The summed E-state index contributed by atoms with van der Waals surface area (Å²) in [4.78, 5) is 24.0. The van der Waals surface area contributed by atoms with E-state index in [-0.39, 0.29) is 18.9 Å². The molecule has 0 heterocycles. The van der Waals surface area contributed by atoms with Gasteiger partial charge in [0, 0.05) is 16.8 Å². The number of nitrogens with one attached hydrogen (secondary N) is 1. The molecule has 1 amide bonds. The molecule has 4 rings (SSSR count). The highest BCUT2D eigenvalue weighted by Crippen LogP contribution is 2.44. The van der Waals surface area contributed by atoms with E-state index < -0.39 is 23.9 Å². The molecular formula is C24H19BrFNO4. The summed E-state index contributed by atoms with van der Waals surface area (Å²) in [5, 5.41) is 11.9. The minimum atomic E-state index is -1.26. The van der Waals surface area contributed by atoms with Gasteiger partial charge in [-0.15, -0.1) is 0 Å². The van der Waals surface area contributed by atoms with Crippen LogP contribution in [0.15, 0.2) is 71.2 Å². The fourth-order valence-electron chi connectivity index (χ4n) is 3.90. The second-order valence-electron chi connectivity index (χ2n) is 7.30. The summed E-state index contributed by atoms with van der Waals surface area (Å²) in [6, 6.07) is 18.6. The molecule has 0 unspecified atom stereocenters. The summed E-state index contributed by atoms with van der Waals surface area (Å²) >= 11 is 3.28. The third kappa shape index (κ3) is 4.46. The molecule has 0 fully saturated rings. The summed E-state index contributed by atoms with van der Waals surface area (Å²) < 4.78 is 19.5. The number of benzene rings is 3. The van der Waals surface area contributed by atoms with Crippen LogP contribution in [0, 0.1) is 5.82 Å². The Balaban J connectivity index is 1.45. The van der Waals surface area contributed by atoms with Gasteiger partial charge in [-0.05, 0) is 46.0 Å². The second kappa shape index (κ2) is 8.89. The average Bonchev–Trinajstić information content (AvgIpc) is 3.08. The monoisotopic (exact) mass is 483 g/mol. The van der Waals surface area contributed by atoms with Gasteiger partial charge >= 0.3 is 12.1 Å². The van der Waals surface area contributed by atoms with Crippen LogP contribution in [0.5, 0.6) is 0 Å². The molecule has 0 saturated heterocycles. The Morgan fingerprint density at radius 2 is 1.65 bits per heavy atom. The molecule has 0 radical (unpaired) electrons. The number of carbonyl (C=O) groups excluding carboxylic acids is 1. The van der Waals surface area contributed by atoms with Gasteiger partial charge in [-0.2, -0.15) is 0 Å². The van der Waals surface area contributed by atoms with E-state index in [1.165, 1.54) is 18.2 Å². The lowest BCUT2D eigenvalue weighted by atomic mass is 9.98. The summed E-state index contributed by atoms with van der Waals surface area (Å²) in [5.41, 5.74) is 4.77. The number of halogens is 2. The maximum Gasteiger partial charge on any atom is 0.407 e. The van der Waals surface area contributed by atoms with Crippen molar-refractivity contribution in [3.8, 4) is 11.1 Å². The van der Waals surface area contributed by atoms with Crippen LogP contribution >= 0.6 is 15.9 Å². The smallest absolute Gasteiger partial charge is 0.407 e. The van der Waals surface area contributed by atoms with E-state index >= 15 is 0 Å². The predicted molar refractivity (Wildman–Crippen MR) is 117 cm³/mol. The Bertz CT molecular complexity index is 1100. The van der Waals surface area contributed by atoms with Crippen LogP contribution in [0.1, 0.15) is 22.6 Å². The van der Waals surface area contributed by atoms with Gasteiger partial charge in [-0.3, -0.25) is 0 Å². The lowest BCUT2D eigenvalue weighted by molar-refractivity contribution is -0.139.